The number of rotatable bonds is 5. The molecule has 0 saturated heterocycles. The quantitative estimate of drug-likeness (QED) is 0.869. The minimum Gasteiger partial charge on any atom is -0.497 e. The lowest BCUT2D eigenvalue weighted by Gasteiger charge is -2.24. The molecule has 1 atom stereocenters. The monoisotopic (exact) mass is 280 g/mol. The fraction of sp³-hybridized carbons (Fsp3) is 0.429. The van der Waals surface area contributed by atoms with E-state index in [9.17, 15) is 14.7 Å². The van der Waals surface area contributed by atoms with Gasteiger partial charge in [0.25, 0.3) is 0 Å². The summed E-state index contributed by atoms with van der Waals surface area (Å²) in [6, 6.07) is 4.23. The topological polar surface area (TPSA) is 78.9 Å². The Morgan fingerprint density at radius 2 is 2.10 bits per heavy atom. The summed E-state index contributed by atoms with van der Waals surface area (Å²) in [5.41, 5.74) is 0.244. The molecule has 0 aromatic heterocycles. The molecule has 0 saturated carbocycles. The highest BCUT2D eigenvalue weighted by atomic mass is 16.5. The molecule has 2 amide bonds. The number of hydrogen-bond donors (Lipinski definition) is 2. The fourth-order valence-electron chi connectivity index (χ4n) is 1.61. The zero-order valence-corrected chi connectivity index (χ0v) is 12.1. The second-order valence-corrected chi connectivity index (χ2v) is 4.51. The zero-order chi connectivity index (χ0) is 15.3. The number of anilines is 1. The van der Waals surface area contributed by atoms with Gasteiger partial charge in [-0.25, -0.2) is 9.59 Å². The maximum Gasteiger partial charge on any atom is 0.337 e. The molecule has 1 aromatic rings. The van der Waals surface area contributed by atoms with E-state index in [2.05, 4.69) is 5.32 Å². The van der Waals surface area contributed by atoms with Gasteiger partial charge in [0.1, 0.15) is 5.75 Å². The standard InChI is InChI=1S/C14H20N2O4/c1-5-9(2)16(3)14(19)15-12-7-6-10(20-4)8-11(12)13(17)18/h6-9H,5H2,1-4H3,(H,15,19)(H,17,18). The Morgan fingerprint density at radius 1 is 1.45 bits per heavy atom. The number of benzene rings is 1. The van der Waals surface area contributed by atoms with Gasteiger partial charge in [-0.2, -0.15) is 0 Å². The number of urea groups is 1. The molecule has 0 spiro atoms. The van der Waals surface area contributed by atoms with Gasteiger partial charge >= 0.3 is 12.0 Å². The Kier molecular flexibility index (Phi) is 5.37. The summed E-state index contributed by atoms with van der Waals surface area (Å²) in [6.07, 6.45) is 0.818. The van der Waals surface area contributed by atoms with Gasteiger partial charge in [-0.05, 0) is 31.5 Å². The third kappa shape index (κ3) is 3.63. The molecule has 1 rings (SSSR count). The minimum atomic E-state index is -1.12. The average Bonchev–Trinajstić information content (AvgIpc) is 2.45. The summed E-state index contributed by atoms with van der Waals surface area (Å²) >= 11 is 0. The highest BCUT2D eigenvalue weighted by molar-refractivity contribution is 6.00. The molecule has 2 N–H and O–H groups in total. The summed E-state index contributed by atoms with van der Waals surface area (Å²) < 4.78 is 4.98. The van der Waals surface area contributed by atoms with E-state index in [0.717, 1.165) is 6.42 Å². The lowest BCUT2D eigenvalue weighted by atomic mass is 10.1. The first-order chi connectivity index (χ1) is 9.40. The summed E-state index contributed by atoms with van der Waals surface area (Å²) in [5, 5.41) is 11.8. The number of nitrogens with one attached hydrogen (secondary N) is 1. The van der Waals surface area contributed by atoms with Crippen LogP contribution in [0.1, 0.15) is 30.6 Å². The largest absolute Gasteiger partial charge is 0.497 e. The smallest absolute Gasteiger partial charge is 0.337 e. The van der Waals surface area contributed by atoms with E-state index in [1.807, 2.05) is 13.8 Å². The molecule has 6 nitrogen and oxygen atoms in total. The molecule has 20 heavy (non-hydrogen) atoms. The number of amides is 2. The van der Waals surface area contributed by atoms with Crippen LogP contribution in [0.5, 0.6) is 5.75 Å². The van der Waals surface area contributed by atoms with E-state index in [1.165, 1.54) is 24.1 Å². The zero-order valence-electron chi connectivity index (χ0n) is 12.1. The molecular formula is C14H20N2O4. The van der Waals surface area contributed by atoms with Crippen molar-refractivity contribution in [3.8, 4) is 5.75 Å². The number of methoxy groups -OCH3 is 1. The summed E-state index contributed by atoms with van der Waals surface area (Å²) in [7, 11) is 3.13. The molecule has 0 heterocycles. The molecule has 110 valence electrons. The van der Waals surface area contributed by atoms with E-state index in [1.54, 1.807) is 13.1 Å². The van der Waals surface area contributed by atoms with Crippen LogP contribution in [0.2, 0.25) is 0 Å². The predicted molar refractivity (Wildman–Crippen MR) is 76.5 cm³/mol. The molecule has 0 aliphatic heterocycles. The maximum absolute atomic E-state index is 12.0. The molecule has 0 aliphatic carbocycles. The number of carboxylic acids is 1. The van der Waals surface area contributed by atoms with Crippen molar-refractivity contribution in [2.75, 3.05) is 19.5 Å². The molecule has 0 radical (unpaired) electrons. The van der Waals surface area contributed by atoms with Crippen molar-refractivity contribution >= 4 is 17.7 Å². The van der Waals surface area contributed by atoms with E-state index in [4.69, 9.17) is 4.74 Å². The van der Waals surface area contributed by atoms with Crippen molar-refractivity contribution in [3.05, 3.63) is 23.8 Å². The van der Waals surface area contributed by atoms with Gasteiger partial charge in [0.15, 0.2) is 0 Å². The fourth-order valence-corrected chi connectivity index (χ4v) is 1.61. The normalized spacial score (nSPS) is 11.6. The first kappa shape index (κ1) is 15.8. The SMILES string of the molecule is CCC(C)N(C)C(=O)Nc1ccc(OC)cc1C(=O)O. The third-order valence-electron chi connectivity index (χ3n) is 3.27. The lowest BCUT2D eigenvalue weighted by Crippen LogP contribution is -2.38. The van der Waals surface area contributed by atoms with Crippen LogP contribution in [0, 0.1) is 0 Å². The first-order valence-electron chi connectivity index (χ1n) is 6.35. The highest BCUT2D eigenvalue weighted by Gasteiger charge is 2.18. The Balaban J connectivity index is 2.97. The number of ether oxygens (including phenoxy) is 1. The van der Waals surface area contributed by atoms with E-state index in [0.29, 0.717) is 5.75 Å². The number of carboxylic acid groups (broad SMARTS) is 1. The Hall–Kier alpha value is -2.24. The van der Waals surface area contributed by atoms with Crippen molar-refractivity contribution in [1.82, 2.24) is 4.90 Å². The molecule has 6 heteroatoms. The van der Waals surface area contributed by atoms with Crippen molar-refractivity contribution in [1.29, 1.82) is 0 Å². The Labute approximate surface area is 118 Å². The van der Waals surface area contributed by atoms with Crippen LogP contribution in [0.4, 0.5) is 10.5 Å². The van der Waals surface area contributed by atoms with Crippen LogP contribution in [0.15, 0.2) is 18.2 Å². The molecule has 1 unspecified atom stereocenters. The van der Waals surface area contributed by atoms with Crippen LogP contribution in [-0.4, -0.2) is 42.2 Å². The second kappa shape index (κ2) is 6.79. The molecule has 1 aromatic carbocycles. The minimum absolute atomic E-state index is 0.00440. The summed E-state index contributed by atoms with van der Waals surface area (Å²) in [4.78, 5) is 24.8. The maximum atomic E-state index is 12.0. The lowest BCUT2D eigenvalue weighted by molar-refractivity contribution is 0.0697. The Morgan fingerprint density at radius 3 is 2.60 bits per heavy atom. The number of hydrogen-bond acceptors (Lipinski definition) is 3. The van der Waals surface area contributed by atoms with Crippen molar-refractivity contribution in [2.24, 2.45) is 0 Å². The molecule has 0 bridgehead atoms. The molecular weight excluding hydrogens is 260 g/mol. The average molecular weight is 280 g/mol. The summed E-state index contributed by atoms with van der Waals surface area (Å²) in [6.45, 7) is 3.90. The van der Waals surface area contributed by atoms with Crippen molar-refractivity contribution < 1.29 is 19.4 Å². The van der Waals surface area contributed by atoms with Gasteiger partial charge in [0, 0.05) is 13.1 Å². The predicted octanol–water partition coefficient (Wildman–Crippen LogP) is 2.66. The van der Waals surface area contributed by atoms with Gasteiger partial charge in [0.2, 0.25) is 0 Å². The van der Waals surface area contributed by atoms with Gasteiger partial charge < -0.3 is 20.1 Å². The van der Waals surface area contributed by atoms with Crippen molar-refractivity contribution in [2.45, 2.75) is 26.3 Å². The van der Waals surface area contributed by atoms with Crippen LogP contribution in [-0.2, 0) is 0 Å². The van der Waals surface area contributed by atoms with Crippen molar-refractivity contribution in [3.63, 3.8) is 0 Å². The number of nitrogens with zero attached hydrogens (tertiary/aromatic N) is 1. The van der Waals surface area contributed by atoms with E-state index >= 15 is 0 Å². The first-order valence-corrected chi connectivity index (χ1v) is 6.35. The van der Waals surface area contributed by atoms with E-state index < -0.39 is 5.97 Å². The Bertz CT molecular complexity index is 502. The van der Waals surface area contributed by atoms with Crippen LogP contribution < -0.4 is 10.1 Å². The van der Waals surface area contributed by atoms with E-state index in [-0.39, 0.29) is 23.3 Å². The van der Waals surface area contributed by atoms with Gasteiger partial charge in [0.05, 0.1) is 18.4 Å². The van der Waals surface area contributed by atoms with Gasteiger partial charge in [-0.1, -0.05) is 6.92 Å². The highest BCUT2D eigenvalue weighted by Crippen LogP contribution is 2.22. The van der Waals surface area contributed by atoms with Gasteiger partial charge in [-0.15, -0.1) is 0 Å². The van der Waals surface area contributed by atoms with Crippen LogP contribution in [0.3, 0.4) is 0 Å². The van der Waals surface area contributed by atoms with Crippen LogP contribution in [0.25, 0.3) is 0 Å². The number of carbonyl (C=O) groups is 2. The summed E-state index contributed by atoms with van der Waals surface area (Å²) in [5.74, 6) is -0.693. The number of aromatic carboxylic acids is 1. The van der Waals surface area contributed by atoms with Crippen LogP contribution >= 0.6 is 0 Å². The number of carbonyl (C=O) groups excluding carboxylic acids is 1. The van der Waals surface area contributed by atoms with Gasteiger partial charge in [-0.3, -0.25) is 0 Å². The second-order valence-electron chi connectivity index (χ2n) is 4.51. The molecule has 0 fully saturated rings. The third-order valence-corrected chi connectivity index (χ3v) is 3.27. The molecule has 0 aliphatic rings.